The van der Waals surface area contributed by atoms with Crippen molar-refractivity contribution in [2.45, 2.75) is 6.54 Å². The molecule has 0 fully saturated rings. The first-order valence-corrected chi connectivity index (χ1v) is 6.62. The number of fused-ring (bicyclic) bond motifs is 1. The van der Waals surface area contributed by atoms with E-state index in [9.17, 15) is 0 Å². The summed E-state index contributed by atoms with van der Waals surface area (Å²) in [7, 11) is 0. The van der Waals surface area contributed by atoms with Crippen LogP contribution in [0.2, 0.25) is 0 Å². The summed E-state index contributed by atoms with van der Waals surface area (Å²) in [5, 5.41) is 5.29. The Morgan fingerprint density at radius 1 is 1.28 bits per heavy atom. The number of halogens is 1. The van der Waals surface area contributed by atoms with Gasteiger partial charge in [-0.15, -0.1) is 0 Å². The third-order valence-electron chi connectivity index (χ3n) is 2.82. The molecule has 0 amide bonds. The smallest absolute Gasteiger partial charge is 0.0773 e. The highest BCUT2D eigenvalue weighted by Crippen LogP contribution is 2.23. The summed E-state index contributed by atoms with van der Waals surface area (Å²) in [4.78, 5) is 4.42. The lowest BCUT2D eigenvalue weighted by Gasteiger charge is -2.07. The highest BCUT2D eigenvalue weighted by molar-refractivity contribution is 14.1. The molecule has 2 N–H and O–H groups in total. The normalized spacial score (nSPS) is 10.9. The molecule has 18 heavy (non-hydrogen) atoms. The van der Waals surface area contributed by atoms with Gasteiger partial charge in [0, 0.05) is 23.5 Å². The van der Waals surface area contributed by atoms with Gasteiger partial charge >= 0.3 is 0 Å². The maximum absolute atomic E-state index is 5.96. The first-order valence-electron chi connectivity index (χ1n) is 5.54. The van der Waals surface area contributed by atoms with Crippen molar-refractivity contribution in [3.8, 4) is 0 Å². The Balaban J connectivity index is 2.09. The molecular formula is C13H11IN4. The molecule has 2 aromatic heterocycles. The molecule has 5 heteroatoms. The lowest BCUT2D eigenvalue weighted by atomic mass is 10.1. The molecule has 3 aromatic rings. The van der Waals surface area contributed by atoms with E-state index in [2.05, 4.69) is 32.7 Å². The lowest BCUT2D eigenvalue weighted by Crippen LogP contribution is -2.02. The van der Waals surface area contributed by atoms with E-state index < -0.39 is 0 Å². The second kappa shape index (κ2) is 4.56. The van der Waals surface area contributed by atoms with Crippen LogP contribution in [0.25, 0.3) is 10.9 Å². The largest absolute Gasteiger partial charge is 0.398 e. The summed E-state index contributed by atoms with van der Waals surface area (Å²) >= 11 is 2.25. The average molecular weight is 350 g/mol. The predicted molar refractivity (Wildman–Crippen MR) is 80.2 cm³/mol. The van der Waals surface area contributed by atoms with Crippen molar-refractivity contribution in [3.63, 3.8) is 0 Å². The van der Waals surface area contributed by atoms with Crippen LogP contribution in [0.3, 0.4) is 0 Å². The van der Waals surface area contributed by atoms with Gasteiger partial charge in [0.15, 0.2) is 0 Å². The highest BCUT2D eigenvalue weighted by Gasteiger charge is 2.06. The van der Waals surface area contributed by atoms with E-state index in [1.165, 1.54) is 0 Å². The van der Waals surface area contributed by atoms with E-state index >= 15 is 0 Å². The van der Waals surface area contributed by atoms with Crippen molar-refractivity contribution in [2.75, 3.05) is 5.73 Å². The maximum Gasteiger partial charge on any atom is 0.0773 e. The van der Waals surface area contributed by atoms with E-state index in [-0.39, 0.29) is 0 Å². The number of benzene rings is 1. The number of hydrogen-bond donors (Lipinski definition) is 1. The zero-order valence-corrected chi connectivity index (χ0v) is 11.7. The molecule has 3 rings (SSSR count). The van der Waals surface area contributed by atoms with Gasteiger partial charge in [0.1, 0.15) is 0 Å². The van der Waals surface area contributed by atoms with Crippen molar-refractivity contribution in [1.82, 2.24) is 14.8 Å². The van der Waals surface area contributed by atoms with Crippen LogP contribution in [0.15, 0.2) is 42.9 Å². The molecule has 0 unspecified atom stereocenters. The Morgan fingerprint density at radius 2 is 2.17 bits per heavy atom. The summed E-state index contributed by atoms with van der Waals surface area (Å²) in [6.45, 7) is 0.705. The second-order valence-corrected chi connectivity index (χ2v) is 5.32. The summed E-state index contributed by atoms with van der Waals surface area (Å²) in [5.41, 5.74) is 8.79. The van der Waals surface area contributed by atoms with Crippen LogP contribution < -0.4 is 5.73 Å². The predicted octanol–water partition coefficient (Wildman–Crippen LogP) is 2.67. The molecular weight excluding hydrogens is 339 g/mol. The van der Waals surface area contributed by atoms with Gasteiger partial charge in [0.25, 0.3) is 0 Å². The topological polar surface area (TPSA) is 56.7 Å². The first kappa shape index (κ1) is 11.5. The highest BCUT2D eigenvalue weighted by atomic mass is 127. The minimum absolute atomic E-state index is 0.705. The zero-order valence-electron chi connectivity index (χ0n) is 9.55. The monoisotopic (exact) mass is 350 g/mol. The quantitative estimate of drug-likeness (QED) is 0.571. The van der Waals surface area contributed by atoms with Crippen molar-refractivity contribution in [1.29, 1.82) is 0 Å². The Bertz CT molecular complexity index is 705. The summed E-state index contributed by atoms with van der Waals surface area (Å²) < 4.78 is 3.03. The van der Waals surface area contributed by atoms with E-state index in [0.29, 0.717) is 6.54 Å². The average Bonchev–Trinajstić information content (AvgIpc) is 2.79. The van der Waals surface area contributed by atoms with Crippen molar-refractivity contribution >= 4 is 39.2 Å². The summed E-state index contributed by atoms with van der Waals surface area (Å²) in [5.74, 6) is 0. The molecule has 90 valence electrons. The van der Waals surface area contributed by atoms with Crippen LogP contribution in [0.1, 0.15) is 5.56 Å². The fraction of sp³-hybridized carbons (Fsp3) is 0.0769. The summed E-state index contributed by atoms with van der Waals surface area (Å²) in [6, 6.07) is 7.83. The fourth-order valence-corrected chi connectivity index (χ4v) is 2.43. The number of nitrogens with zero attached hydrogens (tertiary/aromatic N) is 3. The van der Waals surface area contributed by atoms with E-state index in [1.54, 1.807) is 6.20 Å². The van der Waals surface area contributed by atoms with Gasteiger partial charge in [-0.3, -0.25) is 9.67 Å². The van der Waals surface area contributed by atoms with Gasteiger partial charge in [0.2, 0.25) is 0 Å². The van der Waals surface area contributed by atoms with Crippen LogP contribution in [-0.2, 0) is 6.54 Å². The zero-order chi connectivity index (χ0) is 12.5. The van der Waals surface area contributed by atoms with E-state index in [4.69, 9.17) is 5.73 Å². The van der Waals surface area contributed by atoms with E-state index in [1.807, 2.05) is 41.3 Å². The number of anilines is 1. The number of hydrogen-bond acceptors (Lipinski definition) is 3. The molecule has 0 aliphatic heterocycles. The van der Waals surface area contributed by atoms with Crippen molar-refractivity contribution in [2.24, 2.45) is 0 Å². The van der Waals surface area contributed by atoms with E-state index in [0.717, 1.165) is 25.7 Å². The first-order chi connectivity index (χ1) is 8.74. The molecule has 4 nitrogen and oxygen atoms in total. The van der Waals surface area contributed by atoms with Gasteiger partial charge in [-0.2, -0.15) is 5.10 Å². The Morgan fingerprint density at radius 3 is 2.94 bits per heavy atom. The minimum Gasteiger partial charge on any atom is -0.398 e. The molecule has 0 aliphatic carbocycles. The molecule has 0 saturated carbocycles. The molecule has 0 saturated heterocycles. The molecule has 0 atom stereocenters. The molecule has 0 aliphatic rings. The van der Waals surface area contributed by atoms with Gasteiger partial charge in [0.05, 0.1) is 21.8 Å². The van der Waals surface area contributed by atoms with Gasteiger partial charge < -0.3 is 5.73 Å². The Hall–Kier alpha value is -1.63. The van der Waals surface area contributed by atoms with Crippen LogP contribution in [0.4, 0.5) is 5.69 Å². The number of nitrogen functional groups attached to an aromatic ring is 1. The Labute approximate surface area is 118 Å². The van der Waals surface area contributed by atoms with Crippen LogP contribution in [-0.4, -0.2) is 14.8 Å². The SMILES string of the molecule is Nc1ccc(Cn2cc(I)cn2)c2ncccc12. The third kappa shape index (κ3) is 2.05. The van der Waals surface area contributed by atoms with Crippen LogP contribution in [0, 0.1) is 3.57 Å². The third-order valence-corrected chi connectivity index (χ3v) is 3.38. The van der Waals surface area contributed by atoms with Crippen LogP contribution in [0.5, 0.6) is 0 Å². The molecule has 1 aromatic carbocycles. The van der Waals surface area contributed by atoms with Gasteiger partial charge in [-0.05, 0) is 46.4 Å². The second-order valence-electron chi connectivity index (χ2n) is 4.07. The molecule has 0 spiro atoms. The summed E-state index contributed by atoms with van der Waals surface area (Å²) in [6.07, 6.45) is 5.64. The number of aromatic nitrogens is 3. The standard InChI is InChI=1S/C13H11IN4/c14-10-6-17-18(8-10)7-9-3-4-12(15)11-2-1-5-16-13(9)11/h1-6,8H,7,15H2. The Kier molecular flexibility index (Phi) is 2.91. The number of nitrogens with two attached hydrogens (primary N) is 1. The number of pyridine rings is 1. The van der Waals surface area contributed by atoms with Gasteiger partial charge in [-0.25, -0.2) is 0 Å². The van der Waals surface area contributed by atoms with Crippen LogP contribution >= 0.6 is 22.6 Å². The minimum atomic E-state index is 0.705. The number of rotatable bonds is 2. The maximum atomic E-state index is 5.96. The fourth-order valence-electron chi connectivity index (χ4n) is 1.98. The molecule has 0 bridgehead atoms. The van der Waals surface area contributed by atoms with Crippen molar-refractivity contribution < 1.29 is 0 Å². The molecule has 2 heterocycles. The van der Waals surface area contributed by atoms with Crippen molar-refractivity contribution in [3.05, 3.63) is 52.0 Å². The van der Waals surface area contributed by atoms with Gasteiger partial charge in [-0.1, -0.05) is 6.07 Å². The lowest BCUT2D eigenvalue weighted by molar-refractivity contribution is 0.689. The molecule has 0 radical (unpaired) electrons.